The van der Waals surface area contributed by atoms with Gasteiger partial charge in [0.15, 0.2) is 6.54 Å². The van der Waals surface area contributed by atoms with E-state index < -0.39 is 10.6 Å². The van der Waals surface area contributed by atoms with Gasteiger partial charge in [0.05, 0.1) is 18.6 Å². The number of methoxy groups -OCH3 is 1. The van der Waals surface area contributed by atoms with Crippen molar-refractivity contribution in [3.63, 3.8) is 0 Å². The first kappa shape index (κ1) is 21.3. The zero-order valence-electron chi connectivity index (χ0n) is 16.3. The molecule has 29 heavy (non-hydrogen) atoms. The summed E-state index contributed by atoms with van der Waals surface area (Å²) in [6, 6.07) is 13.9. The van der Waals surface area contributed by atoms with E-state index in [-0.39, 0.29) is 22.7 Å². The topological polar surface area (TPSA) is 78.8 Å². The smallest absolute Gasteiger partial charge is 0.275 e. The Hall–Kier alpha value is -2.45. The van der Waals surface area contributed by atoms with Crippen molar-refractivity contribution in [2.75, 3.05) is 25.1 Å². The Kier molecular flexibility index (Phi) is 6.24. The van der Waals surface area contributed by atoms with Gasteiger partial charge in [0, 0.05) is 24.1 Å². The van der Waals surface area contributed by atoms with E-state index in [1.54, 1.807) is 19.2 Å². The van der Waals surface area contributed by atoms with Crippen molar-refractivity contribution in [1.29, 1.82) is 0 Å². The van der Waals surface area contributed by atoms with Gasteiger partial charge in [0.1, 0.15) is 11.4 Å². The average molecular weight is 463 g/mol. The van der Waals surface area contributed by atoms with Crippen molar-refractivity contribution in [3.8, 4) is 5.75 Å². The molecular formula is C21H25BrN3O4+. The number of ether oxygens (including phenoxy) is 1. The van der Waals surface area contributed by atoms with E-state index in [1.807, 2.05) is 29.2 Å². The summed E-state index contributed by atoms with van der Waals surface area (Å²) in [5.74, 6) is 1.81. The van der Waals surface area contributed by atoms with Gasteiger partial charge in [-0.05, 0) is 43.5 Å². The predicted octanol–water partition coefficient (Wildman–Crippen LogP) is 3.83. The lowest BCUT2D eigenvalue weighted by molar-refractivity contribution is -0.534. The minimum atomic E-state index is -1.37. The van der Waals surface area contributed by atoms with Crippen molar-refractivity contribution in [3.05, 3.63) is 64.2 Å². The summed E-state index contributed by atoms with van der Waals surface area (Å²) in [6.45, 7) is 1.26. The number of rotatable bonds is 4. The molecule has 2 heterocycles. The molecule has 0 bridgehead atoms. The SMILES string of the molecule is Br.COc1ccc(N2C3=[N+](CCCCC3)CC2(O)c2cccc([N+](=O)[O-])c2)cc1. The van der Waals surface area contributed by atoms with E-state index in [0.29, 0.717) is 12.1 Å². The van der Waals surface area contributed by atoms with E-state index in [0.717, 1.165) is 49.5 Å². The van der Waals surface area contributed by atoms with Crippen molar-refractivity contribution in [2.45, 2.75) is 31.4 Å². The zero-order chi connectivity index (χ0) is 19.7. The lowest BCUT2D eigenvalue weighted by Gasteiger charge is -2.29. The summed E-state index contributed by atoms with van der Waals surface area (Å²) in [4.78, 5) is 12.8. The number of anilines is 1. The second-order valence-corrected chi connectivity index (χ2v) is 7.31. The maximum atomic E-state index is 11.8. The molecule has 1 N–H and O–H groups in total. The number of nitro groups is 1. The van der Waals surface area contributed by atoms with Crippen LogP contribution in [0.3, 0.4) is 0 Å². The highest BCUT2D eigenvalue weighted by Gasteiger charge is 2.54. The molecule has 1 atom stereocenters. The van der Waals surface area contributed by atoms with Gasteiger partial charge in [-0.1, -0.05) is 12.1 Å². The Morgan fingerprint density at radius 1 is 1.17 bits per heavy atom. The number of benzene rings is 2. The van der Waals surface area contributed by atoms with Crippen LogP contribution < -0.4 is 9.64 Å². The maximum Gasteiger partial charge on any atom is 0.275 e. The molecular weight excluding hydrogens is 438 g/mol. The molecule has 2 aliphatic rings. The monoisotopic (exact) mass is 462 g/mol. The first-order chi connectivity index (χ1) is 13.5. The van der Waals surface area contributed by atoms with Gasteiger partial charge in [-0.2, -0.15) is 4.90 Å². The van der Waals surface area contributed by atoms with Crippen LogP contribution in [0.2, 0.25) is 0 Å². The number of nitrogens with zero attached hydrogens (tertiary/aromatic N) is 3. The minimum Gasteiger partial charge on any atom is -0.497 e. The number of hydrogen-bond acceptors (Lipinski definition) is 5. The fourth-order valence-corrected chi connectivity index (χ4v) is 4.21. The normalized spacial score (nSPS) is 21.2. The molecule has 0 aromatic heterocycles. The second-order valence-electron chi connectivity index (χ2n) is 7.31. The molecule has 154 valence electrons. The molecule has 0 amide bonds. The highest BCUT2D eigenvalue weighted by molar-refractivity contribution is 8.93. The van der Waals surface area contributed by atoms with E-state index in [4.69, 9.17) is 4.74 Å². The third-order valence-electron chi connectivity index (χ3n) is 5.58. The van der Waals surface area contributed by atoms with Crippen LogP contribution in [-0.4, -0.2) is 40.6 Å². The van der Waals surface area contributed by atoms with E-state index in [2.05, 4.69) is 4.58 Å². The summed E-state index contributed by atoms with van der Waals surface area (Å²) in [5, 5.41) is 23.1. The van der Waals surface area contributed by atoms with Crippen molar-refractivity contribution >= 4 is 34.2 Å². The minimum absolute atomic E-state index is 0. The molecule has 1 unspecified atom stereocenters. The Balaban J connectivity index is 0.00000240. The first-order valence-corrected chi connectivity index (χ1v) is 9.55. The van der Waals surface area contributed by atoms with Gasteiger partial charge in [-0.25, -0.2) is 0 Å². The van der Waals surface area contributed by atoms with Crippen LogP contribution >= 0.6 is 17.0 Å². The van der Waals surface area contributed by atoms with Crippen LogP contribution in [0.4, 0.5) is 11.4 Å². The molecule has 0 radical (unpaired) electrons. The fourth-order valence-electron chi connectivity index (χ4n) is 4.21. The summed E-state index contributed by atoms with van der Waals surface area (Å²) in [6.07, 6.45) is 4.16. The summed E-state index contributed by atoms with van der Waals surface area (Å²) < 4.78 is 7.48. The highest BCUT2D eigenvalue weighted by atomic mass is 79.9. The van der Waals surface area contributed by atoms with Crippen LogP contribution in [0.15, 0.2) is 48.5 Å². The third kappa shape index (κ3) is 3.86. The highest BCUT2D eigenvalue weighted by Crippen LogP contribution is 2.39. The molecule has 2 aliphatic heterocycles. The van der Waals surface area contributed by atoms with Crippen molar-refractivity contribution < 1.29 is 19.3 Å². The lowest BCUT2D eigenvalue weighted by Crippen LogP contribution is -2.47. The summed E-state index contributed by atoms with van der Waals surface area (Å²) in [5.41, 5.74) is -0.0206. The van der Waals surface area contributed by atoms with Crippen molar-refractivity contribution in [2.24, 2.45) is 0 Å². The van der Waals surface area contributed by atoms with E-state index in [1.165, 1.54) is 12.1 Å². The van der Waals surface area contributed by atoms with Crippen LogP contribution in [0.5, 0.6) is 5.75 Å². The van der Waals surface area contributed by atoms with Gasteiger partial charge in [-0.15, -0.1) is 17.0 Å². The fraction of sp³-hybridized carbons (Fsp3) is 0.381. The van der Waals surface area contributed by atoms with Crippen LogP contribution in [0.25, 0.3) is 0 Å². The lowest BCUT2D eigenvalue weighted by atomic mass is 9.99. The van der Waals surface area contributed by atoms with Crippen LogP contribution in [-0.2, 0) is 5.72 Å². The number of aliphatic hydroxyl groups is 1. The molecule has 2 aromatic rings. The summed E-state index contributed by atoms with van der Waals surface area (Å²) in [7, 11) is 1.62. The van der Waals surface area contributed by atoms with Gasteiger partial charge >= 0.3 is 0 Å². The molecule has 7 nitrogen and oxygen atoms in total. The Labute approximate surface area is 180 Å². The molecule has 2 aromatic carbocycles. The third-order valence-corrected chi connectivity index (χ3v) is 5.58. The maximum absolute atomic E-state index is 11.8. The Morgan fingerprint density at radius 3 is 2.62 bits per heavy atom. The standard InChI is InChI=1S/C21H24N3O4.BrH/c1-28-19-11-9-17(10-12-19)23-20-8-3-2-4-13-22(20)15-21(23,25)16-6-5-7-18(14-16)24(26)27;/h5-7,9-12,14,25H,2-4,8,13,15H2,1H3;1H/q+1;. The van der Waals surface area contributed by atoms with E-state index in [9.17, 15) is 15.2 Å². The Bertz CT molecular complexity index is 932. The van der Waals surface area contributed by atoms with Crippen LogP contribution in [0, 0.1) is 10.1 Å². The van der Waals surface area contributed by atoms with Crippen molar-refractivity contribution in [1.82, 2.24) is 0 Å². The predicted molar refractivity (Wildman–Crippen MR) is 116 cm³/mol. The number of nitro benzene ring substituents is 1. The largest absolute Gasteiger partial charge is 0.497 e. The Morgan fingerprint density at radius 2 is 1.93 bits per heavy atom. The molecule has 0 saturated carbocycles. The zero-order valence-corrected chi connectivity index (χ0v) is 18.0. The molecule has 0 saturated heterocycles. The molecule has 0 spiro atoms. The van der Waals surface area contributed by atoms with Gasteiger partial charge in [0.2, 0.25) is 0 Å². The summed E-state index contributed by atoms with van der Waals surface area (Å²) >= 11 is 0. The van der Waals surface area contributed by atoms with E-state index >= 15 is 0 Å². The number of halogens is 1. The van der Waals surface area contributed by atoms with Gasteiger partial charge in [-0.3, -0.25) is 14.7 Å². The average Bonchev–Trinajstić information content (AvgIpc) is 2.84. The molecule has 0 aliphatic carbocycles. The second kappa shape index (κ2) is 8.51. The van der Waals surface area contributed by atoms with Crippen LogP contribution in [0.1, 0.15) is 31.2 Å². The van der Waals surface area contributed by atoms with Gasteiger partial charge in [0.25, 0.3) is 17.2 Å². The molecule has 8 heteroatoms. The molecule has 0 fully saturated rings. The number of hydrogen-bond donors (Lipinski definition) is 1. The van der Waals surface area contributed by atoms with Gasteiger partial charge < -0.3 is 9.84 Å². The molecule has 4 rings (SSSR count). The number of non-ortho nitro benzene ring substituents is 1. The quantitative estimate of drug-likeness (QED) is 0.424. The first-order valence-electron chi connectivity index (χ1n) is 9.55. The number of amidine groups is 1.